The quantitative estimate of drug-likeness (QED) is 0.689. The number of hydrogen-bond donors (Lipinski definition) is 2. The lowest BCUT2D eigenvalue weighted by molar-refractivity contribution is 0.390. The zero-order chi connectivity index (χ0) is 19.8. The average Bonchev–Trinajstić information content (AvgIpc) is 2.91. The number of benzene rings is 1. The van der Waals surface area contributed by atoms with E-state index in [1.807, 2.05) is 20.8 Å². The Balaban J connectivity index is 1.80. The summed E-state index contributed by atoms with van der Waals surface area (Å²) in [5.41, 5.74) is 4.62. The van der Waals surface area contributed by atoms with Crippen LogP contribution in [0.1, 0.15) is 28.1 Å². The Kier molecular flexibility index (Phi) is 4.88. The van der Waals surface area contributed by atoms with Gasteiger partial charge in [0.25, 0.3) is 10.0 Å². The third kappa shape index (κ3) is 3.92. The third-order valence-corrected chi connectivity index (χ3v) is 5.67. The van der Waals surface area contributed by atoms with Gasteiger partial charge < -0.3 is 9.84 Å². The molecule has 1 aromatic carbocycles. The minimum Gasteiger partial charge on any atom is -0.360 e. The molecule has 2 aromatic heterocycles. The maximum absolute atomic E-state index is 12.5. The Labute approximate surface area is 158 Å². The average molecular weight is 387 g/mol. The first kappa shape index (κ1) is 18.8. The summed E-state index contributed by atoms with van der Waals surface area (Å²) in [5, 5.41) is 14.9. The van der Waals surface area contributed by atoms with Gasteiger partial charge in [0.2, 0.25) is 0 Å². The number of rotatable bonds is 5. The molecular formula is C18H21N5O3S. The standard InChI is InChI=1S/C18H21N5O3S/c1-10-8-11(2)17(12(3)9-10)19-15-6-7-16(21-20-15)23-27(24,25)18-13(4)22-26-14(18)5/h6-9H,1-5H3,(H,19,20)(H,21,23). The van der Waals surface area contributed by atoms with Crippen molar-refractivity contribution in [2.75, 3.05) is 10.0 Å². The van der Waals surface area contributed by atoms with Crippen LogP contribution in [0.3, 0.4) is 0 Å². The van der Waals surface area contributed by atoms with Gasteiger partial charge in [-0.1, -0.05) is 22.9 Å². The maximum Gasteiger partial charge on any atom is 0.268 e. The fourth-order valence-corrected chi connectivity index (χ4v) is 4.33. The summed E-state index contributed by atoms with van der Waals surface area (Å²) >= 11 is 0. The van der Waals surface area contributed by atoms with Crippen LogP contribution in [-0.2, 0) is 10.0 Å². The van der Waals surface area contributed by atoms with Crippen molar-refractivity contribution in [3.8, 4) is 0 Å². The van der Waals surface area contributed by atoms with Crippen LogP contribution >= 0.6 is 0 Å². The Morgan fingerprint density at radius 2 is 1.52 bits per heavy atom. The first-order valence-electron chi connectivity index (χ1n) is 8.31. The number of anilines is 3. The van der Waals surface area contributed by atoms with Gasteiger partial charge in [-0.25, -0.2) is 8.42 Å². The highest BCUT2D eigenvalue weighted by atomic mass is 32.2. The van der Waals surface area contributed by atoms with E-state index in [0.29, 0.717) is 5.82 Å². The molecule has 0 bridgehead atoms. The molecule has 0 fully saturated rings. The first-order valence-corrected chi connectivity index (χ1v) is 9.80. The van der Waals surface area contributed by atoms with Gasteiger partial charge in [-0.2, -0.15) is 0 Å². The molecule has 0 radical (unpaired) electrons. The van der Waals surface area contributed by atoms with Crippen molar-refractivity contribution in [3.05, 3.63) is 52.4 Å². The van der Waals surface area contributed by atoms with Gasteiger partial charge in [0.05, 0.1) is 0 Å². The SMILES string of the molecule is Cc1cc(C)c(Nc2ccc(NS(=O)(=O)c3c(C)noc3C)nn2)c(C)c1. The van der Waals surface area contributed by atoms with Crippen molar-refractivity contribution in [2.45, 2.75) is 39.5 Å². The number of aryl methyl sites for hydroxylation is 5. The summed E-state index contributed by atoms with van der Waals surface area (Å²) in [6, 6.07) is 7.37. The van der Waals surface area contributed by atoms with Crippen molar-refractivity contribution in [3.63, 3.8) is 0 Å². The van der Waals surface area contributed by atoms with E-state index in [4.69, 9.17) is 4.52 Å². The van der Waals surface area contributed by atoms with Gasteiger partial charge in [-0.05, 0) is 57.9 Å². The third-order valence-electron chi connectivity index (χ3n) is 4.07. The Hall–Kier alpha value is -2.94. The minimum absolute atomic E-state index is 0.0115. The molecule has 0 amide bonds. The highest BCUT2D eigenvalue weighted by molar-refractivity contribution is 7.92. The molecule has 142 valence electrons. The molecule has 0 aliphatic rings. The molecule has 3 rings (SSSR count). The van der Waals surface area contributed by atoms with Crippen LogP contribution in [0.15, 0.2) is 33.7 Å². The van der Waals surface area contributed by atoms with Gasteiger partial charge in [0.1, 0.15) is 5.69 Å². The lowest BCUT2D eigenvalue weighted by atomic mass is 10.1. The van der Waals surface area contributed by atoms with E-state index in [2.05, 4.69) is 37.5 Å². The second-order valence-corrected chi connectivity index (χ2v) is 8.08. The molecule has 0 saturated carbocycles. The molecule has 9 heteroatoms. The van der Waals surface area contributed by atoms with Crippen molar-refractivity contribution in [1.29, 1.82) is 0 Å². The zero-order valence-corrected chi connectivity index (χ0v) is 16.6. The largest absolute Gasteiger partial charge is 0.360 e. The summed E-state index contributed by atoms with van der Waals surface area (Å²) in [5.74, 6) is 0.847. The minimum atomic E-state index is -3.85. The van der Waals surface area contributed by atoms with Crippen LogP contribution < -0.4 is 10.0 Å². The lowest BCUT2D eigenvalue weighted by Gasteiger charge is -2.13. The molecule has 8 nitrogen and oxygen atoms in total. The smallest absolute Gasteiger partial charge is 0.268 e. The van der Waals surface area contributed by atoms with Gasteiger partial charge in [0.15, 0.2) is 22.3 Å². The Morgan fingerprint density at radius 1 is 0.926 bits per heavy atom. The van der Waals surface area contributed by atoms with Crippen LogP contribution in [0.4, 0.5) is 17.3 Å². The topological polar surface area (TPSA) is 110 Å². The van der Waals surface area contributed by atoms with Crippen molar-refractivity contribution in [2.24, 2.45) is 0 Å². The zero-order valence-electron chi connectivity index (χ0n) is 15.8. The van der Waals surface area contributed by atoms with E-state index >= 15 is 0 Å². The van der Waals surface area contributed by atoms with E-state index in [1.165, 1.54) is 5.56 Å². The number of aromatic nitrogens is 3. The predicted molar refractivity (Wildman–Crippen MR) is 103 cm³/mol. The van der Waals surface area contributed by atoms with Gasteiger partial charge >= 0.3 is 0 Å². The van der Waals surface area contributed by atoms with Crippen molar-refractivity contribution in [1.82, 2.24) is 15.4 Å². The lowest BCUT2D eigenvalue weighted by Crippen LogP contribution is -2.15. The Bertz CT molecular complexity index is 1050. The molecule has 0 saturated heterocycles. The van der Waals surface area contributed by atoms with Crippen LogP contribution in [0, 0.1) is 34.6 Å². The maximum atomic E-state index is 12.5. The molecule has 0 spiro atoms. The van der Waals surface area contributed by atoms with E-state index < -0.39 is 10.0 Å². The number of hydrogen-bond acceptors (Lipinski definition) is 7. The summed E-state index contributed by atoms with van der Waals surface area (Å²) in [6.07, 6.45) is 0. The summed E-state index contributed by atoms with van der Waals surface area (Å²) in [6.45, 7) is 9.18. The van der Waals surface area contributed by atoms with Crippen LogP contribution in [0.5, 0.6) is 0 Å². The Morgan fingerprint density at radius 3 is 2.04 bits per heavy atom. The fraction of sp³-hybridized carbons (Fsp3) is 0.278. The molecule has 27 heavy (non-hydrogen) atoms. The van der Waals surface area contributed by atoms with Crippen LogP contribution in [0.2, 0.25) is 0 Å². The van der Waals surface area contributed by atoms with E-state index in [0.717, 1.165) is 16.8 Å². The van der Waals surface area contributed by atoms with Crippen molar-refractivity contribution < 1.29 is 12.9 Å². The van der Waals surface area contributed by atoms with Gasteiger partial charge in [-0.3, -0.25) is 4.72 Å². The summed E-state index contributed by atoms with van der Waals surface area (Å²) in [7, 11) is -3.85. The van der Waals surface area contributed by atoms with E-state index in [9.17, 15) is 8.42 Å². The molecule has 0 atom stereocenters. The second-order valence-electron chi connectivity index (χ2n) is 6.46. The molecule has 3 aromatic rings. The van der Waals surface area contributed by atoms with Crippen molar-refractivity contribution >= 4 is 27.3 Å². The summed E-state index contributed by atoms with van der Waals surface area (Å²) in [4.78, 5) is 0.0115. The fourth-order valence-electron chi connectivity index (χ4n) is 3.01. The molecule has 0 aliphatic carbocycles. The van der Waals surface area contributed by atoms with E-state index in [-0.39, 0.29) is 22.2 Å². The normalized spacial score (nSPS) is 11.4. The highest BCUT2D eigenvalue weighted by Crippen LogP contribution is 2.26. The number of sulfonamides is 1. The molecular weight excluding hydrogens is 366 g/mol. The molecule has 2 N–H and O–H groups in total. The first-order chi connectivity index (χ1) is 12.7. The van der Waals surface area contributed by atoms with Crippen LogP contribution in [-0.4, -0.2) is 23.8 Å². The molecule has 0 aliphatic heterocycles. The number of nitrogens with zero attached hydrogens (tertiary/aromatic N) is 3. The van der Waals surface area contributed by atoms with Gasteiger partial charge in [0, 0.05) is 5.69 Å². The summed E-state index contributed by atoms with van der Waals surface area (Å²) < 4.78 is 32.3. The second kappa shape index (κ2) is 6.99. The predicted octanol–water partition coefficient (Wildman–Crippen LogP) is 3.55. The van der Waals surface area contributed by atoms with Gasteiger partial charge in [-0.15, -0.1) is 10.2 Å². The monoisotopic (exact) mass is 387 g/mol. The van der Waals surface area contributed by atoms with Crippen LogP contribution in [0.25, 0.3) is 0 Å². The number of nitrogens with one attached hydrogen (secondary N) is 2. The highest BCUT2D eigenvalue weighted by Gasteiger charge is 2.24. The van der Waals surface area contributed by atoms with E-state index in [1.54, 1.807) is 26.0 Å². The molecule has 0 unspecified atom stereocenters. The molecule has 2 heterocycles.